The minimum atomic E-state index is -0.457. The fourth-order valence-electron chi connectivity index (χ4n) is 3.90. The number of hydrogen-bond acceptors (Lipinski definition) is 5. The molecular weight excluding hydrogens is 410 g/mol. The number of hydrogen-bond donors (Lipinski definition) is 1. The maximum absolute atomic E-state index is 12.8. The van der Waals surface area contributed by atoms with Crippen LogP contribution in [0.25, 0.3) is 0 Å². The van der Waals surface area contributed by atoms with Crippen LogP contribution in [0, 0.1) is 5.92 Å². The van der Waals surface area contributed by atoms with Crippen LogP contribution in [-0.2, 0) is 17.6 Å². The van der Waals surface area contributed by atoms with E-state index in [0.29, 0.717) is 5.92 Å². The topological polar surface area (TPSA) is 70.1 Å². The quantitative estimate of drug-likeness (QED) is 0.504. The predicted octanol–water partition coefficient (Wildman–Crippen LogP) is 3.93. The summed E-state index contributed by atoms with van der Waals surface area (Å²) in [5, 5.41) is 4.67. The molecule has 7 nitrogen and oxygen atoms in total. The number of aliphatic imine (C=N–C) groups is 1. The molecule has 0 radical (unpaired) electrons. The molecule has 2 heterocycles. The lowest BCUT2D eigenvalue weighted by molar-refractivity contribution is 0.00928. The van der Waals surface area contributed by atoms with Crippen molar-refractivity contribution in [2.75, 3.05) is 33.2 Å². The zero-order chi connectivity index (χ0) is 22.4. The molecule has 1 saturated carbocycles. The Hall–Kier alpha value is -1.83. The molecule has 1 aliphatic carbocycles. The smallest absolute Gasteiger partial charge is 0.410 e. The molecule has 8 heteroatoms. The van der Waals surface area contributed by atoms with Gasteiger partial charge < -0.3 is 19.9 Å². The van der Waals surface area contributed by atoms with E-state index in [9.17, 15) is 4.79 Å². The van der Waals surface area contributed by atoms with Crippen molar-refractivity contribution in [3.63, 3.8) is 0 Å². The van der Waals surface area contributed by atoms with Crippen molar-refractivity contribution in [3.05, 3.63) is 16.1 Å². The number of piperidine rings is 1. The van der Waals surface area contributed by atoms with Gasteiger partial charge in [0.05, 0.1) is 5.01 Å². The maximum atomic E-state index is 12.8. The molecule has 31 heavy (non-hydrogen) atoms. The number of rotatable bonds is 7. The van der Waals surface area contributed by atoms with E-state index >= 15 is 0 Å². The number of guanidine groups is 1. The van der Waals surface area contributed by atoms with Crippen molar-refractivity contribution < 1.29 is 9.53 Å². The molecule has 0 spiro atoms. The first kappa shape index (κ1) is 23.8. The molecule has 1 N–H and O–H groups in total. The normalized spacial score (nSPS) is 18.2. The Labute approximate surface area is 191 Å². The largest absolute Gasteiger partial charge is 0.444 e. The monoisotopic (exact) mass is 449 g/mol. The average Bonchev–Trinajstić information content (AvgIpc) is 3.44. The van der Waals surface area contributed by atoms with Crippen molar-refractivity contribution in [2.24, 2.45) is 10.9 Å². The van der Waals surface area contributed by atoms with Gasteiger partial charge in [-0.15, -0.1) is 11.3 Å². The van der Waals surface area contributed by atoms with Gasteiger partial charge in [-0.1, -0.05) is 6.92 Å². The summed E-state index contributed by atoms with van der Waals surface area (Å²) in [7, 11) is 1.84. The van der Waals surface area contributed by atoms with E-state index in [-0.39, 0.29) is 12.1 Å². The molecule has 3 rings (SSSR count). The van der Waals surface area contributed by atoms with E-state index in [4.69, 9.17) is 4.74 Å². The number of aryl methyl sites for hydroxylation is 1. The van der Waals surface area contributed by atoms with Gasteiger partial charge in [-0.3, -0.25) is 4.99 Å². The van der Waals surface area contributed by atoms with Gasteiger partial charge in [-0.05, 0) is 58.8 Å². The molecule has 2 aliphatic rings. The molecule has 174 valence electrons. The van der Waals surface area contributed by atoms with Crippen LogP contribution < -0.4 is 5.32 Å². The summed E-state index contributed by atoms with van der Waals surface area (Å²) in [4.78, 5) is 27.5. The van der Waals surface area contributed by atoms with Gasteiger partial charge in [0.2, 0.25) is 0 Å². The summed E-state index contributed by atoms with van der Waals surface area (Å²) in [6, 6.07) is 0.243. The van der Waals surface area contributed by atoms with Crippen LogP contribution in [0.15, 0.2) is 11.2 Å². The van der Waals surface area contributed by atoms with Gasteiger partial charge in [0.1, 0.15) is 5.60 Å². The third-order valence-corrected chi connectivity index (χ3v) is 6.97. The van der Waals surface area contributed by atoms with Crippen LogP contribution in [0.1, 0.15) is 63.3 Å². The molecule has 0 bridgehead atoms. The fourth-order valence-corrected chi connectivity index (χ4v) is 4.76. The Morgan fingerprint density at radius 1 is 1.32 bits per heavy atom. The van der Waals surface area contributed by atoms with Crippen LogP contribution in [0.2, 0.25) is 0 Å². The minimum Gasteiger partial charge on any atom is -0.444 e. The molecule has 1 aromatic rings. The Bertz CT molecular complexity index is 745. The number of carbonyl (C=O) groups is 1. The van der Waals surface area contributed by atoms with Gasteiger partial charge in [0.15, 0.2) is 5.96 Å². The van der Waals surface area contributed by atoms with Gasteiger partial charge in [0.25, 0.3) is 0 Å². The van der Waals surface area contributed by atoms with Crippen LogP contribution in [0.3, 0.4) is 0 Å². The van der Waals surface area contributed by atoms with Crippen molar-refractivity contribution in [3.8, 4) is 0 Å². The number of ether oxygens (including phenoxy) is 1. The fraction of sp³-hybridized carbons (Fsp3) is 0.783. The van der Waals surface area contributed by atoms with Crippen molar-refractivity contribution in [2.45, 2.75) is 77.9 Å². The summed E-state index contributed by atoms with van der Waals surface area (Å²) in [6.45, 7) is 11.4. The Kier molecular flexibility index (Phi) is 8.19. The molecule has 2 fully saturated rings. The second kappa shape index (κ2) is 10.7. The number of nitrogens with zero attached hydrogens (tertiary/aromatic N) is 4. The van der Waals surface area contributed by atoms with E-state index in [1.807, 2.05) is 38.9 Å². The second-order valence-electron chi connectivity index (χ2n) is 9.59. The summed E-state index contributed by atoms with van der Waals surface area (Å²) in [5.74, 6) is 1.59. The molecule has 1 saturated heterocycles. The Morgan fingerprint density at radius 2 is 2.03 bits per heavy atom. The van der Waals surface area contributed by atoms with Gasteiger partial charge >= 0.3 is 6.09 Å². The Balaban J connectivity index is 1.49. The first-order chi connectivity index (χ1) is 14.8. The highest BCUT2D eigenvalue weighted by molar-refractivity contribution is 7.11. The van der Waals surface area contributed by atoms with Gasteiger partial charge in [-0.2, -0.15) is 0 Å². The molecule has 1 amide bonds. The number of thiazole rings is 1. The predicted molar refractivity (Wildman–Crippen MR) is 127 cm³/mol. The molecule has 0 atom stereocenters. The number of likely N-dealkylation sites (tertiary alicyclic amines) is 1. The maximum Gasteiger partial charge on any atom is 0.410 e. The van der Waals surface area contributed by atoms with Gasteiger partial charge in [-0.25, -0.2) is 9.78 Å². The van der Waals surface area contributed by atoms with E-state index < -0.39 is 5.60 Å². The van der Waals surface area contributed by atoms with E-state index in [0.717, 1.165) is 57.8 Å². The Morgan fingerprint density at radius 3 is 2.58 bits per heavy atom. The summed E-state index contributed by atoms with van der Waals surface area (Å²) >= 11 is 1.79. The summed E-state index contributed by atoms with van der Waals surface area (Å²) in [6.07, 6.45) is 8.13. The third kappa shape index (κ3) is 7.37. The lowest BCUT2D eigenvalue weighted by Crippen LogP contribution is -2.52. The van der Waals surface area contributed by atoms with E-state index in [2.05, 4.69) is 27.1 Å². The van der Waals surface area contributed by atoms with Gasteiger partial charge in [0, 0.05) is 56.8 Å². The van der Waals surface area contributed by atoms with Crippen molar-refractivity contribution in [1.29, 1.82) is 0 Å². The van der Waals surface area contributed by atoms with Crippen LogP contribution in [0.5, 0.6) is 0 Å². The summed E-state index contributed by atoms with van der Waals surface area (Å²) in [5.41, 5.74) is -0.457. The lowest BCUT2D eigenvalue weighted by atomic mass is 10.0. The van der Waals surface area contributed by atoms with Crippen molar-refractivity contribution in [1.82, 2.24) is 20.1 Å². The summed E-state index contributed by atoms with van der Waals surface area (Å²) < 4.78 is 5.71. The molecule has 1 aromatic heterocycles. The highest BCUT2D eigenvalue weighted by Gasteiger charge is 2.35. The van der Waals surface area contributed by atoms with Crippen LogP contribution >= 0.6 is 11.3 Å². The first-order valence-electron chi connectivity index (χ1n) is 11.7. The number of carbonyl (C=O) groups excluding carboxylic acids is 1. The second-order valence-corrected chi connectivity index (χ2v) is 10.8. The lowest BCUT2D eigenvalue weighted by Gasteiger charge is -2.40. The number of amides is 1. The highest BCUT2D eigenvalue weighted by atomic mass is 32.1. The van der Waals surface area contributed by atoms with E-state index in [1.165, 1.54) is 22.7 Å². The molecule has 1 aliphatic heterocycles. The standard InChI is InChI=1S/C23H39N5O2S/c1-6-19-15-26-20(31-19)9-12-25-21(24-5)27-13-10-18(11-14-27)28(16-17-7-8-17)22(29)30-23(2,3)4/h15,17-18H,6-14,16H2,1-5H3,(H,24,25). The SMILES string of the molecule is CCc1cnc(CCNC(=NC)N2CCC(N(CC3CC3)C(=O)OC(C)(C)C)CC2)s1. The zero-order valence-corrected chi connectivity index (χ0v) is 20.6. The zero-order valence-electron chi connectivity index (χ0n) is 19.8. The van der Waals surface area contributed by atoms with E-state index in [1.54, 1.807) is 11.3 Å². The minimum absolute atomic E-state index is 0.157. The molecule has 0 aromatic carbocycles. The third-order valence-electron chi connectivity index (χ3n) is 5.77. The first-order valence-corrected chi connectivity index (χ1v) is 12.5. The molecular formula is C23H39N5O2S. The van der Waals surface area contributed by atoms with Crippen molar-refractivity contribution >= 4 is 23.4 Å². The average molecular weight is 450 g/mol. The highest BCUT2D eigenvalue weighted by Crippen LogP contribution is 2.32. The van der Waals surface area contributed by atoms with Crippen LogP contribution in [-0.4, -0.2) is 71.7 Å². The van der Waals surface area contributed by atoms with Crippen LogP contribution in [0.4, 0.5) is 4.79 Å². The number of nitrogens with one attached hydrogen (secondary N) is 1. The number of aromatic nitrogens is 1. The molecule has 0 unspecified atom stereocenters.